The molecule has 0 spiro atoms. The first kappa shape index (κ1) is 22.0. The van der Waals surface area contributed by atoms with Crippen LogP contribution < -0.4 is 10.9 Å². The lowest BCUT2D eigenvalue weighted by molar-refractivity contribution is -0.128. The van der Waals surface area contributed by atoms with E-state index in [1.165, 1.54) is 22.0 Å². The highest BCUT2D eigenvalue weighted by Gasteiger charge is 2.23. The van der Waals surface area contributed by atoms with Crippen molar-refractivity contribution in [1.82, 2.24) is 14.3 Å². The number of rotatable bonds is 6. The Hall–Kier alpha value is -2.74. The summed E-state index contributed by atoms with van der Waals surface area (Å²) in [5.41, 5.74) is 2.56. The molecule has 1 aliphatic rings. The quantitative estimate of drug-likeness (QED) is 0.718. The van der Waals surface area contributed by atoms with Gasteiger partial charge in [0.15, 0.2) is 0 Å². The summed E-state index contributed by atoms with van der Waals surface area (Å²) in [4.78, 5) is 39.8. The van der Waals surface area contributed by atoms with Crippen LogP contribution in [-0.2, 0) is 16.6 Å². The minimum Gasteiger partial charge on any atom is -0.341 e. The van der Waals surface area contributed by atoms with Gasteiger partial charge in [-0.3, -0.25) is 19.1 Å². The number of likely N-dealkylation sites (tertiary alicyclic amines) is 1. The first-order valence-corrected chi connectivity index (χ1v) is 11.1. The van der Waals surface area contributed by atoms with Crippen LogP contribution in [0.2, 0.25) is 0 Å². The monoisotopic (exact) mass is 428 g/mol. The first-order chi connectivity index (χ1) is 14.3. The number of thioether (sulfide) groups is 1. The number of hydrogen-bond donors (Lipinski definition) is 1. The van der Waals surface area contributed by atoms with Gasteiger partial charge >= 0.3 is 0 Å². The molecule has 2 amide bonds. The Morgan fingerprint density at radius 2 is 1.83 bits per heavy atom. The molecule has 8 heteroatoms. The van der Waals surface area contributed by atoms with Crippen LogP contribution >= 0.6 is 11.8 Å². The second-order valence-corrected chi connectivity index (χ2v) is 8.84. The summed E-state index contributed by atoms with van der Waals surface area (Å²) in [6.45, 7) is 8.90. The van der Waals surface area contributed by atoms with Crippen LogP contribution in [0.4, 0.5) is 5.69 Å². The highest BCUT2D eigenvalue weighted by molar-refractivity contribution is 8.01. The van der Waals surface area contributed by atoms with Crippen LogP contribution in [0.3, 0.4) is 0 Å². The van der Waals surface area contributed by atoms with Crippen LogP contribution in [-0.4, -0.2) is 50.2 Å². The summed E-state index contributed by atoms with van der Waals surface area (Å²) in [7, 11) is 1.78. The van der Waals surface area contributed by atoms with Crippen molar-refractivity contribution in [2.75, 3.05) is 24.2 Å². The average Bonchev–Trinajstić information content (AvgIpc) is 2.96. The molecule has 30 heavy (non-hydrogen) atoms. The molecule has 1 saturated heterocycles. The van der Waals surface area contributed by atoms with Crippen LogP contribution in [0, 0.1) is 6.92 Å². The predicted molar refractivity (Wildman–Crippen MR) is 121 cm³/mol. The predicted octanol–water partition coefficient (Wildman–Crippen LogP) is 2.72. The Morgan fingerprint density at radius 3 is 2.47 bits per heavy atom. The van der Waals surface area contributed by atoms with E-state index in [0.717, 1.165) is 18.5 Å². The zero-order valence-electron chi connectivity index (χ0n) is 17.7. The zero-order chi connectivity index (χ0) is 21.8. The number of piperidine rings is 1. The molecule has 2 aromatic rings. The lowest BCUT2D eigenvalue weighted by Gasteiger charge is -2.28. The standard InChI is InChI=1S/C22H28N4O3S/c1-15-10-12-25(13-11-15)19(27)14-30-17(3)21(28)23-20-16(2)24(4)26(22(20)29)18-8-6-5-7-9-18/h5-9,17H,1,10-14H2,2-4H3,(H,23,28). The van der Waals surface area contributed by atoms with Crippen molar-refractivity contribution < 1.29 is 9.59 Å². The van der Waals surface area contributed by atoms with Crippen LogP contribution in [0.25, 0.3) is 5.69 Å². The number of amides is 2. The van der Waals surface area contributed by atoms with Crippen molar-refractivity contribution in [3.05, 3.63) is 58.5 Å². The van der Waals surface area contributed by atoms with E-state index in [0.29, 0.717) is 18.8 Å². The molecule has 0 radical (unpaired) electrons. The number of benzene rings is 1. The van der Waals surface area contributed by atoms with Gasteiger partial charge in [0, 0.05) is 20.1 Å². The Kier molecular flexibility index (Phi) is 6.87. The minimum absolute atomic E-state index is 0.0366. The zero-order valence-corrected chi connectivity index (χ0v) is 18.5. The van der Waals surface area contributed by atoms with Crippen LogP contribution in [0.1, 0.15) is 25.5 Å². The molecule has 1 aromatic carbocycles. The molecular formula is C22H28N4O3S. The largest absolute Gasteiger partial charge is 0.341 e. The third-order valence-corrected chi connectivity index (χ3v) is 6.58. The molecule has 1 aromatic heterocycles. The number of carbonyl (C=O) groups is 2. The van der Waals surface area contributed by atoms with Gasteiger partial charge in [0.2, 0.25) is 11.8 Å². The van der Waals surface area contributed by atoms with E-state index in [1.54, 1.807) is 25.6 Å². The summed E-state index contributed by atoms with van der Waals surface area (Å²) in [5, 5.41) is 2.31. The molecule has 0 aliphatic carbocycles. The first-order valence-electron chi connectivity index (χ1n) is 10.0. The van der Waals surface area contributed by atoms with Crippen molar-refractivity contribution >= 4 is 29.3 Å². The van der Waals surface area contributed by atoms with Gasteiger partial charge in [-0.05, 0) is 38.8 Å². The van der Waals surface area contributed by atoms with E-state index in [9.17, 15) is 14.4 Å². The molecule has 7 nitrogen and oxygen atoms in total. The number of para-hydroxylation sites is 1. The molecule has 2 heterocycles. The average molecular weight is 429 g/mol. The minimum atomic E-state index is -0.460. The molecule has 1 unspecified atom stereocenters. The maximum absolute atomic E-state index is 12.9. The van der Waals surface area contributed by atoms with Gasteiger partial charge in [-0.2, -0.15) is 0 Å². The molecule has 0 bridgehead atoms. The number of anilines is 1. The normalized spacial score (nSPS) is 15.2. The van der Waals surface area contributed by atoms with E-state index in [-0.39, 0.29) is 28.8 Å². The molecule has 1 aliphatic heterocycles. The lowest BCUT2D eigenvalue weighted by Crippen LogP contribution is -2.38. The van der Waals surface area contributed by atoms with Crippen molar-refractivity contribution in [3.63, 3.8) is 0 Å². The third-order valence-electron chi connectivity index (χ3n) is 5.45. The van der Waals surface area contributed by atoms with E-state index < -0.39 is 5.25 Å². The number of nitrogens with one attached hydrogen (secondary N) is 1. The van der Waals surface area contributed by atoms with E-state index >= 15 is 0 Å². The Labute approximate surface area is 180 Å². The molecular weight excluding hydrogens is 400 g/mol. The fourth-order valence-electron chi connectivity index (χ4n) is 3.37. The Bertz CT molecular complexity index is 999. The molecule has 3 rings (SSSR count). The number of hydrogen-bond acceptors (Lipinski definition) is 4. The van der Waals surface area contributed by atoms with E-state index in [2.05, 4.69) is 11.9 Å². The van der Waals surface area contributed by atoms with Gasteiger partial charge in [0.1, 0.15) is 5.69 Å². The maximum Gasteiger partial charge on any atom is 0.295 e. The number of aromatic nitrogens is 2. The van der Waals surface area contributed by atoms with E-state index in [4.69, 9.17) is 0 Å². The second-order valence-electron chi connectivity index (χ2n) is 7.51. The van der Waals surface area contributed by atoms with Gasteiger partial charge in [0.05, 0.1) is 22.4 Å². The SMILES string of the molecule is C=C1CCN(C(=O)CSC(C)C(=O)Nc2c(C)n(C)n(-c3ccccc3)c2=O)CC1. The Morgan fingerprint density at radius 1 is 1.20 bits per heavy atom. The fraction of sp³-hybridized carbons (Fsp3) is 0.409. The number of carbonyl (C=O) groups excluding carboxylic acids is 2. The Balaban J connectivity index is 1.64. The van der Waals surface area contributed by atoms with Gasteiger partial charge in [0.25, 0.3) is 5.56 Å². The van der Waals surface area contributed by atoms with Crippen LogP contribution in [0.15, 0.2) is 47.3 Å². The summed E-state index contributed by atoms with van der Waals surface area (Å²) in [6.07, 6.45) is 1.68. The van der Waals surface area contributed by atoms with Gasteiger partial charge in [-0.1, -0.05) is 30.4 Å². The van der Waals surface area contributed by atoms with Crippen molar-refractivity contribution in [3.8, 4) is 5.69 Å². The molecule has 160 valence electrons. The van der Waals surface area contributed by atoms with Crippen LogP contribution in [0.5, 0.6) is 0 Å². The summed E-state index contributed by atoms with van der Waals surface area (Å²) in [5.74, 6) is -0.0105. The topological polar surface area (TPSA) is 76.3 Å². The van der Waals surface area contributed by atoms with Gasteiger partial charge < -0.3 is 10.2 Å². The summed E-state index contributed by atoms with van der Waals surface area (Å²) < 4.78 is 3.25. The van der Waals surface area contributed by atoms with Gasteiger partial charge in [-0.25, -0.2) is 4.68 Å². The second kappa shape index (κ2) is 9.38. The third kappa shape index (κ3) is 4.70. The molecule has 1 atom stereocenters. The molecule has 1 N–H and O–H groups in total. The highest BCUT2D eigenvalue weighted by atomic mass is 32.2. The van der Waals surface area contributed by atoms with Crippen molar-refractivity contribution in [2.24, 2.45) is 7.05 Å². The molecule has 0 saturated carbocycles. The highest BCUT2D eigenvalue weighted by Crippen LogP contribution is 2.19. The lowest BCUT2D eigenvalue weighted by atomic mass is 10.1. The molecule has 1 fully saturated rings. The number of nitrogens with zero attached hydrogens (tertiary/aromatic N) is 3. The smallest absolute Gasteiger partial charge is 0.295 e. The summed E-state index contributed by atoms with van der Waals surface area (Å²) in [6, 6.07) is 9.28. The summed E-state index contributed by atoms with van der Waals surface area (Å²) >= 11 is 1.28. The fourth-order valence-corrected chi connectivity index (χ4v) is 4.16. The van der Waals surface area contributed by atoms with Gasteiger partial charge in [-0.15, -0.1) is 11.8 Å². The van der Waals surface area contributed by atoms with Crippen molar-refractivity contribution in [1.29, 1.82) is 0 Å². The van der Waals surface area contributed by atoms with E-state index in [1.807, 2.05) is 35.2 Å². The van der Waals surface area contributed by atoms with Crippen molar-refractivity contribution in [2.45, 2.75) is 31.9 Å². The maximum atomic E-state index is 12.9.